The smallest absolute Gasteiger partial charge is 0.269 e. The molecule has 8 heteroatoms. The van der Waals surface area contributed by atoms with Gasteiger partial charge in [0.25, 0.3) is 11.6 Å². The fraction of sp³-hybridized carbons (Fsp3) is 0.333. The number of benzene rings is 1. The van der Waals surface area contributed by atoms with Crippen molar-refractivity contribution in [3.05, 3.63) is 76.0 Å². The number of rotatable bonds is 4. The molecule has 0 unspecified atom stereocenters. The van der Waals surface area contributed by atoms with Crippen LogP contribution in [0.4, 0.5) is 5.69 Å². The van der Waals surface area contributed by atoms with Gasteiger partial charge in [0.2, 0.25) is 0 Å². The van der Waals surface area contributed by atoms with E-state index in [0.717, 1.165) is 37.2 Å². The van der Waals surface area contributed by atoms with E-state index >= 15 is 0 Å². The molecule has 1 aromatic carbocycles. The SMILES string of the molecule is Cc1ccc([C@@H]2CCCCCN2C(=O)c2cnn(-c3ccc([N+](=O)[O-])cc3)c2)o1. The molecule has 1 fully saturated rings. The van der Waals surface area contributed by atoms with Crippen LogP contribution in [0.3, 0.4) is 0 Å². The summed E-state index contributed by atoms with van der Waals surface area (Å²) < 4.78 is 7.39. The van der Waals surface area contributed by atoms with Gasteiger partial charge in [0.05, 0.1) is 28.4 Å². The fourth-order valence-corrected chi connectivity index (χ4v) is 3.75. The second kappa shape index (κ2) is 7.90. The highest BCUT2D eigenvalue weighted by atomic mass is 16.6. The summed E-state index contributed by atoms with van der Waals surface area (Å²) in [6.45, 7) is 2.58. The lowest BCUT2D eigenvalue weighted by atomic mass is 10.1. The Hall–Kier alpha value is -3.42. The first kappa shape index (κ1) is 18.9. The van der Waals surface area contributed by atoms with Crippen molar-refractivity contribution in [3.8, 4) is 5.69 Å². The first-order valence-electron chi connectivity index (χ1n) is 9.70. The van der Waals surface area contributed by atoms with Crippen LogP contribution in [0.25, 0.3) is 5.69 Å². The van der Waals surface area contributed by atoms with Gasteiger partial charge in [-0.25, -0.2) is 4.68 Å². The molecule has 3 heterocycles. The summed E-state index contributed by atoms with van der Waals surface area (Å²) in [4.78, 5) is 25.5. The van der Waals surface area contributed by atoms with Gasteiger partial charge in [0, 0.05) is 24.9 Å². The van der Waals surface area contributed by atoms with Crippen LogP contribution in [0.1, 0.15) is 53.6 Å². The number of furan rings is 1. The average Bonchev–Trinajstić information content (AvgIpc) is 3.31. The highest BCUT2D eigenvalue weighted by Gasteiger charge is 2.30. The van der Waals surface area contributed by atoms with Crippen molar-refractivity contribution in [2.45, 2.75) is 38.6 Å². The number of amides is 1. The third-order valence-corrected chi connectivity index (χ3v) is 5.26. The minimum absolute atomic E-state index is 0.0124. The van der Waals surface area contributed by atoms with Crippen molar-refractivity contribution < 1.29 is 14.1 Å². The molecule has 150 valence electrons. The molecular weight excluding hydrogens is 372 g/mol. The van der Waals surface area contributed by atoms with Gasteiger partial charge in [0.1, 0.15) is 11.5 Å². The molecule has 3 aromatic rings. The molecule has 0 spiro atoms. The molecule has 0 aliphatic carbocycles. The number of hydrogen-bond acceptors (Lipinski definition) is 5. The van der Waals surface area contributed by atoms with E-state index < -0.39 is 4.92 Å². The molecule has 0 bridgehead atoms. The lowest BCUT2D eigenvalue weighted by molar-refractivity contribution is -0.384. The maximum Gasteiger partial charge on any atom is 0.269 e. The molecule has 2 aromatic heterocycles. The number of nitro benzene ring substituents is 1. The van der Waals surface area contributed by atoms with Crippen LogP contribution in [0, 0.1) is 17.0 Å². The second-order valence-corrected chi connectivity index (χ2v) is 7.26. The zero-order valence-electron chi connectivity index (χ0n) is 16.2. The number of carbonyl (C=O) groups excluding carboxylic acids is 1. The minimum Gasteiger partial charge on any atom is -0.464 e. The summed E-state index contributed by atoms with van der Waals surface area (Å²) in [5.74, 6) is 1.57. The topological polar surface area (TPSA) is 94.4 Å². The first-order valence-corrected chi connectivity index (χ1v) is 9.70. The van der Waals surface area contributed by atoms with Gasteiger partial charge < -0.3 is 9.32 Å². The van der Waals surface area contributed by atoms with Crippen molar-refractivity contribution >= 4 is 11.6 Å². The van der Waals surface area contributed by atoms with E-state index in [1.54, 1.807) is 29.2 Å². The fourth-order valence-electron chi connectivity index (χ4n) is 3.75. The van der Waals surface area contributed by atoms with E-state index in [4.69, 9.17) is 4.42 Å². The Labute approximate surface area is 167 Å². The Bertz CT molecular complexity index is 1020. The van der Waals surface area contributed by atoms with Gasteiger partial charge in [-0.3, -0.25) is 14.9 Å². The normalized spacial score (nSPS) is 17.1. The molecule has 1 saturated heterocycles. The van der Waals surface area contributed by atoms with Crippen molar-refractivity contribution in [3.63, 3.8) is 0 Å². The van der Waals surface area contributed by atoms with Crippen LogP contribution < -0.4 is 0 Å². The zero-order chi connectivity index (χ0) is 20.4. The van der Waals surface area contributed by atoms with Crippen LogP contribution in [-0.4, -0.2) is 32.1 Å². The molecule has 1 atom stereocenters. The maximum atomic E-state index is 13.3. The summed E-state index contributed by atoms with van der Waals surface area (Å²) in [5.41, 5.74) is 1.15. The van der Waals surface area contributed by atoms with E-state index in [-0.39, 0.29) is 17.6 Å². The lowest BCUT2D eigenvalue weighted by Gasteiger charge is -2.28. The Morgan fingerprint density at radius 2 is 1.97 bits per heavy atom. The molecule has 4 rings (SSSR count). The standard InChI is InChI=1S/C21H22N4O4/c1-15-6-11-20(29-15)19-5-3-2-4-12-23(19)21(26)16-13-22-24(14-16)17-7-9-18(10-8-17)25(27)28/h6-11,13-14,19H,2-5,12H2,1H3/t19-/m0/s1. The lowest BCUT2D eigenvalue weighted by Crippen LogP contribution is -2.34. The molecule has 8 nitrogen and oxygen atoms in total. The molecular formula is C21H22N4O4. The number of hydrogen-bond donors (Lipinski definition) is 0. The van der Waals surface area contributed by atoms with Crippen LogP contribution in [0.15, 0.2) is 53.2 Å². The number of likely N-dealkylation sites (tertiary alicyclic amines) is 1. The number of nitrogens with zero attached hydrogens (tertiary/aromatic N) is 4. The second-order valence-electron chi connectivity index (χ2n) is 7.26. The molecule has 29 heavy (non-hydrogen) atoms. The predicted molar refractivity (Wildman–Crippen MR) is 106 cm³/mol. The quantitative estimate of drug-likeness (QED) is 0.482. The Morgan fingerprint density at radius 1 is 1.17 bits per heavy atom. The maximum absolute atomic E-state index is 13.3. The summed E-state index contributed by atoms with van der Waals surface area (Å²) in [7, 11) is 0. The highest BCUT2D eigenvalue weighted by molar-refractivity contribution is 5.94. The van der Waals surface area contributed by atoms with E-state index in [9.17, 15) is 14.9 Å². The Kier molecular flexibility index (Phi) is 5.16. The van der Waals surface area contributed by atoms with Gasteiger partial charge >= 0.3 is 0 Å². The number of aryl methyl sites for hydroxylation is 1. The van der Waals surface area contributed by atoms with Gasteiger partial charge in [-0.15, -0.1) is 0 Å². The summed E-state index contributed by atoms with van der Waals surface area (Å²) in [5, 5.41) is 15.1. The van der Waals surface area contributed by atoms with E-state index in [1.807, 2.05) is 24.0 Å². The number of aromatic nitrogens is 2. The molecule has 0 N–H and O–H groups in total. The van der Waals surface area contributed by atoms with E-state index in [2.05, 4.69) is 5.10 Å². The van der Waals surface area contributed by atoms with Gasteiger partial charge in [-0.05, 0) is 44.0 Å². The van der Waals surface area contributed by atoms with Crippen LogP contribution in [-0.2, 0) is 0 Å². The number of carbonyl (C=O) groups is 1. The van der Waals surface area contributed by atoms with Crippen LogP contribution in [0.2, 0.25) is 0 Å². The summed E-state index contributed by atoms with van der Waals surface area (Å²) in [6.07, 6.45) is 7.17. The Morgan fingerprint density at radius 3 is 2.66 bits per heavy atom. The summed E-state index contributed by atoms with van der Waals surface area (Å²) >= 11 is 0. The predicted octanol–water partition coefficient (Wildman–Crippen LogP) is 4.44. The average molecular weight is 394 g/mol. The summed E-state index contributed by atoms with van der Waals surface area (Å²) in [6, 6.07) is 9.85. The third kappa shape index (κ3) is 3.91. The van der Waals surface area contributed by atoms with E-state index in [0.29, 0.717) is 17.8 Å². The molecule has 0 radical (unpaired) electrons. The van der Waals surface area contributed by atoms with Crippen molar-refractivity contribution in [2.75, 3.05) is 6.54 Å². The largest absolute Gasteiger partial charge is 0.464 e. The molecule has 1 amide bonds. The monoisotopic (exact) mass is 394 g/mol. The molecule has 1 aliphatic heterocycles. The van der Waals surface area contributed by atoms with E-state index in [1.165, 1.54) is 12.1 Å². The Balaban J connectivity index is 1.58. The number of non-ortho nitro benzene ring substituents is 1. The molecule has 0 saturated carbocycles. The van der Waals surface area contributed by atoms with Crippen LogP contribution >= 0.6 is 0 Å². The first-order chi connectivity index (χ1) is 14.0. The van der Waals surface area contributed by atoms with Crippen molar-refractivity contribution in [1.82, 2.24) is 14.7 Å². The van der Waals surface area contributed by atoms with Gasteiger partial charge in [-0.2, -0.15) is 5.10 Å². The zero-order valence-corrected chi connectivity index (χ0v) is 16.2. The highest BCUT2D eigenvalue weighted by Crippen LogP contribution is 2.32. The van der Waals surface area contributed by atoms with Crippen LogP contribution in [0.5, 0.6) is 0 Å². The van der Waals surface area contributed by atoms with Gasteiger partial charge in [0.15, 0.2) is 0 Å². The van der Waals surface area contributed by atoms with Gasteiger partial charge in [-0.1, -0.05) is 12.8 Å². The third-order valence-electron chi connectivity index (χ3n) is 5.26. The minimum atomic E-state index is -0.447. The van der Waals surface area contributed by atoms with Crippen molar-refractivity contribution in [1.29, 1.82) is 0 Å². The van der Waals surface area contributed by atoms with Crippen molar-refractivity contribution in [2.24, 2.45) is 0 Å². The molecule has 1 aliphatic rings. The number of nitro groups is 1.